The van der Waals surface area contributed by atoms with Crippen LogP contribution in [-0.2, 0) is 19.1 Å². The van der Waals surface area contributed by atoms with Crippen molar-refractivity contribution < 1.29 is 23.9 Å². The fourth-order valence-electron chi connectivity index (χ4n) is 3.09. The fourth-order valence-corrected chi connectivity index (χ4v) is 3.09. The summed E-state index contributed by atoms with van der Waals surface area (Å²) in [7, 11) is 1.29. The van der Waals surface area contributed by atoms with Gasteiger partial charge >= 0.3 is 5.97 Å². The lowest BCUT2D eigenvalue weighted by atomic mass is 10.0. The molecule has 0 unspecified atom stereocenters. The number of carbonyl (C=O) groups excluding carboxylic acids is 4. The Bertz CT molecular complexity index is 736. The molecule has 1 aliphatic heterocycles. The molecule has 1 saturated heterocycles. The summed E-state index contributed by atoms with van der Waals surface area (Å²) in [6, 6.07) is 6.41. The van der Waals surface area contributed by atoms with Gasteiger partial charge in [0.2, 0.25) is 18.2 Å². The van der Waals surface area contributed by atoms with E-state index in [0.717, 1.165) is 6.41 Å². The predicted octanol–water partition coefficient (Wildman–Crippen LogP) is 0.492. The summed E-state index contributed by atoms with van der Waals surface area (Å²) in [4.78, 5) is 51.2. The van der Waals surface area contributed by atoms with E-state index in [0.29, 0.717) is 50.3 Å². The average molecular weight is 359 g/mol. The molecule has 1 aromatic carbocycles. The average Bonchev–Trinajstić information content (AvgIpc) is 3.49. The highest BCUT2D eigenvalue weighted by Crippen LogP contribution is 2.48. The number of nitrogens with zero attached hydrogens (tertiary/aromatic N) is 2. The number of piperazine rings is 1. The maximum absolute atomic E-state index is 12.8. The zero-order chi connectivity index (χ0) is 18.7. The normalized spacial score (nSPS) is 18.0. The molecule has 3 amide bonds. The zero-order valence-electron chi connectivity index (χ0n) is 14.6. The third-order valence-corrected chi connectivity index (χ3v) is 4.89. The molecule has 0 radical (unpaired) electrons. The van der Waals surface area contributed by atoms with Gasteiger partial charge in [-0.25, -0.2) is 4.79 Å². The van der Waals surface area contributed by atoms with Crippen molar-refractivity contribution in [1.82, 2.24) is 9.80 Å². The Hall–Kier alpha value is -2.90. The summed E-state index contributed by atoms with van der Waals surface area (Å²) in [5.41, 5.74) is -0.265. The van der Waals surface area contributed by atoms with Crippen molar-refractivity contribution in [3.05, 3.63) is 29.8 Å². The van der Waals surface area contributed by atoms with Gasteiger partial charge in [-0.1, -0.05) is 6.07 Å². The Morgan fingerprint density at radius 3 is 2.42 bits per heavy atom. The molecule has 1 aliphatic carbocycles. The van der Waals surface area contributed by atoms with Gasteiger partial charge in [0.25, 0.3) is 0 Å². The number of esters is 1. The predicted molar refractivity (Wildman–Crippen MR) is 92.3 cm³/mol. The number of rotatable bonds is 5. The first-order valence-corrected chi connectivity index (χ1v) is 8.49. The van der Waals surface area contributed by atoms with E-state index in [4.69, 9.17) is 0 Å². The number of carbonyl (C=O) groups is 4. The first-order chi connectivity index (χ1) is 12.5. The van der Waals surface area contributed by atoms with Gasteiger partial charge in [-0.2, -0.15) is 0 Å². The number of methoxy groups -OCH3 is 1. The van der Waals surface area contributed by atoms with Gasteiger partial charge in [0.05, 0.1) is 12.7 Å². The number of hydrogen-bond donors (Lipinski definition) is 1. The van der Waals surface area contributed by atoms with Crippen molar-refractivity contribution in [2.75, 3.05) is 38.6 Å². The van der Waals surface area contributed by atoms with E-state index < -0.39 is 11.4 Å². The van der Waals surface area contributed by atoms with Crippen LogP contribution < -0.4 is 5.32 Å². The molecule has 8 nitrogen and oxygen atoms in total. The van der Waals surface area contributed by atoms with Crippen LogP contribution in [0.4, 0.5) is 5.69 Å². The summed E-state index contributed by atoms with van der Waals surface area (Å²) in [6.45, 7) is 1.83. The van der Waals surface area contributed by atoms with Gasteiger partial charge < -0.3 is 19.9 Å². The number of benzene rings is 1. The highest BCUT2D eigenvalue weighted by Gasteiger charge is 2.58. The van der Waals surface area contributed by atoms with Gasteiger partial charge in [0.15, 0.2) is 0 Å². The summed E-state index contributed by atoms with van der Waals surface area (Å²) in [6.07, 6.45) is 1.78. The smallest absolute Gasteiger partial charge is 0.337 e. The molecule has 1 N–H and O–H groups in total. The zero-order valence-corrected chi connectivity index (χ0v) is 14.6. The van der Waals surface area contributed by atoms with E-state index in [1.165, 1.54) is 13.2 Å². The van der Waals surface area contributed by atoms with E-state index in [2.05, 4.69) is 10.1 Å². The number of ether oxygens (including phenoxy) is 1. The summed E-state index contributed by atoms with van der Waals surface area (Å²) in [5, 5.41) is 2.74. The molecule has 1 aromatic rings. The van der Waals surface area contributed by atoms with Gasteiger partial charge in [0, 0.05) is 31.9 Å². The molecule has 0 atom stereocenters. The highest BCUT2D eigenvalue weighted by atomic mass is 16.5. The standard InChI is InChI=1S/C18H21N3O5/c1-26-15(23)13-3-2-4-14(11-13)19-16(24)18(5-6-18)17(25)21-9-7-20(12-22)8-10-21/h2-4,11-12H,5-10H2,1H3,(H,19,24). The van der Waals surface area contributed by atoms with Crippen molar-refractivity contribution in [3.8, 4) is 0 Å². The molecule has 1 saturated carbocycles. The molecule has 0 spiro atoms. The van der Waals surface area contributed by atoms with Crippen LogP contribution in [0.25, 0.3) is 0 Å². The lowest BCUT2D eigenvalue weighted by Gasteiger charge is -2.34. The first kappa shape index (κ1) is 17.9. The van der Waals surface area contributed by atoms with Crippen molar-refractivity contribution in [2.24, 2.45) is 5.41 Å². The quantitative estimate of drug-likeness (QED) is 0.469. The second-order valence-electron chi connectivity index (χ2n) is 6.54. The Labute approximate surface area is 151 Å². The van der Waals surface area contributed by atoms with Crippen molar-refractivity contribution in [3.63, 3.8) is 0 Å². The third kappa shape index (κ3) is 3.40. The van der Waals surface area contributed by atoms with Gasteiger partial charge in [-0.05, 0) is 31.0 Å². The number of hydrogen-bond acceptors (Lipinski definition) is 5. The lowest BCUT2D eigenvalue weighted by Crippen LogP contribution is -2.52. The second kappa shape index (κ2) is 7.15. The third-order valence-electron chi connectivity index (χ3n) is 4.89. The van der Waals surface area contributed by atoms with Crippen LogP contribution in [0.1, 0.15) is 23.2 Å². The fraction of sp³-hybridized carbons (Fsp3) is 0.444. The van der Waals surface area contributed by atoms with Gasteiger partial charge in [-0.3, -0.25) is 14.4 Å². The van der Waals surface area contributed by atoms with E-state index in [1.54, 1.807) is 28.0 Å². The Kier molecular flexibility index (Phi) is 4.92. The molecule has 138 valence electrons. The molecule has 2 fully saturated rings. The van der Waals surface area contributed by atoms with Crippen molar-refractivity contribution >= 4 is 29.9 Å². The Morgan fingerprint density at radius 1 is 1.15 bits per heavy atom. The molecule has 8 heteroatoms. The van der Waals surface area contributed by atoms with E-state index in [-0.39, 0.29) is 11.8 Å². The number of nitrogens with one attached hydrogen (secondary N) is 1. The van der Waals surface area contributed by atoms with Crippen LogP contribution in [0.2, 0.25) is 0 Å². The minimum absolute atomic E-state index is 0.190. The largest absolute Gasteiger partial charge is 0.465 e. The highest BCUT2D eigenvalue weighted by molar-refractivity contribution is 6.13. The summed E-state index contributed by atoms with van der Waals surface area (Å²) < 4.78 is 4.67. The number of amides is 3. The minimum atomic E-state index is -1.04. The molecule has 0 bridgehead atoms. The molecule has 0 aromatic heterocycles. The van der Waals surface area contributed by atoms with Crippen molar-refractivity contribution in [1.29, 1.82) is 0 Å². The van der Waals surface area contributed by atoms with Crippen LogP contribution >= 0.6 is 0 Å². The van der Waals surface area contributed by atoms with Crippen LogP contribution in [0, 0.1) is 5.41 Å². The van der Waals surface area contributed by atoms with E-state index in [1.807, 2.05) is 0 Å². The maximum atomic E-state index is 12.8. The maximum Gasteiger partial charge on any atom is 0.337 e. The second-order valence-corrected chi connectivity index (χ2v) is 6.54. The molecular formula is C18H21N3O5. The Morgan fingerprint density at radius 2 is 1.85 bits per heavy atom. The minimum Gasteiger partial charge on any atom is -0.465 e. The molecule has 1 heterocycles. The monoisotopic (exact) mass is 359 g/mol. The van der Waals surface area contributed by atoms with Crippen LogP contribution in [0.15, 0.2) is 24.3 Å². The Balaban J connectivity index is 1.67. The van der Waals surface area contributed by atoms with E-state index in [9.17, 15) is 19.2 Å². The lowest BCUT2D eigenvalue weighted by molar-refractivity contribution is -0.144. The summed E-state index contributed by atoms with van der Waals surface area (Å²) in [5.74, 6) is -1.04. The molecule has 3 rings (SSSR count). The molecular weight excluding hydrogens is 338 g/mol. The first-order valence-electron chi connectivity index (χ1n) is 8.49. The van der Waals surface area contributed by atoms with Crippen LogP contribution in [0.5, 0.6) is 0 Å². The topological polar surface area (TPSA) is 96.0 Å². The van der Waals surface area contributed by atoms with Gasteiger partial charge in [0.1, 0.15) is 5.41 Å². The molecule has 2 aliphatic rings. The van der Waals surface area contributed by atoms with Gasteiger partial charge in [-0.15, -0.1) is 0 Å². The van der Waals surface area contributed by atoms with Crippen molar-refractivity contribution in [2.45, 2.75) is 12.8 Å². The van der Waals surface area contributed by atoms with E-state index >= 15 is 0 Å². The van der Waals surface area contributed by atoms with Crippen LogP contribution in [-0.4, -0.2) is 67.3 Å². The van der Waals surface area contributed by atoms with Crippen LogP contribution in [0.3, 0.4) is 0 Å². The number of anilines is 1. The molecule has 26 heavy (non-hydrogen) atoms. The summed E-state index contributed by atoms with van der Waals surface area (Å²) >= 11 is 0. The SMILES string of the molecule is COC(=O)c1cccc(NC(=O)C2(C(=O)N3CCN(C=O)CC3)CC2)c1.